The van der Waals surface area contributed by atoms with Gasteiger partial charge in [0.15, 0.2) is 0 Å². The molecule has 2 aromatic carbocycles. The number of hydrazone groups is 1. The third-order valence-corrected chi connectivity index (χ3v) is 3.93. The Balaban J connectivity index is 1.46. The van der Waals surface area contributed by atoms with E-state index in [-0.39, 0.29) is 12.0 Å². The lowest BCUT2D eigenvalue weighted by Crippen LogP contribution is -2.33. The maximum atomic E-state index is 12.0. The van der Waals surface area contributed by atoms with Crippen LogP contribution in [0.3, 0.4) is 0 Å². The quantitative estimate of drug-likeness (QED) is 0.597. The summed E-state index contributed by atoms with van der Waals surface area (Å²) in [5.74, 6) is 1.15. The van der Waals surface area contributed by atoms with Crippen molar-refractivity contribution in [1.82, 2.24) is 5.43 Å². The number of methoxy groups -OCH3 is 1. The van der Waals surface area contributed by atoms with Crippen molar-refractivity contribution in [3.8, 4) is 11.5 Å². The second-order valence-electron chi connectivity index (χ2n) is 5.88. The molecule has 3 rings (SSSR count). The molecule has 7 nitrogen and oxygen atoms in total. The summed E-state index contributed by atoms with van der Waals surface area (Å²) in [6.07, 6.45) is 1.54. The van der Waals surface area contributed by atoms with Crippen LogP contribution in [0.4, 0.5) is 0 Å². The Morgan fingerprint density at radius 3 is 2.56 bits per heavy atom. The molecule has 7 heteroatoms. The lowest BCUT2D eigenvalue weighted by atomic mass is 10.2. The van der Waals surface area contributed by atoms with Gasteiger partial charge in [-0.2, -0.15) is 5.10 Å². The number of benzene rings is 2. The molecule has 0 spiro atoms. The standard InChI is InChI=1S/C20H22N2O5/c1-24-17-8-4-16(5-9-17)20(23)22-21-12-15-2-6-18(7-3-15)27-14-19-13-25-10-11-26-19/h2-9,12,19H,10-11,13-14H2,1H3,(H,22,23)/b21-12-/t19-/m1/s1. The minimum absolute atomic E-state index is 0.0341. The number of nitrogens with one attached hydrogen (secondary N) is 1. The Morgan fingerprint density at radius 2 is 1.89 bits per heavy atom. The molecule has 1 heterocycles. The fourth-order valence-corrected chi connectivity index (χ4v) is 2.44. The van der Waals surface area contributed by atoms with Crippen LogP contribution in [-0.4, -0.2) is 51.8 Å². The summed E-state index contributed by atoms with van der Waals surface area (Å²) in [4.78, 5) is 12.0. The average Bonchev–Trinajstić information content (AvgIpc) is 2.74. The molecule has 142 valence electrons. The van der Waals surface area contributed by atoms with E-state index < -0.39 is 0 Å². The van der Waals surface area contributed by atoms with E-state index in [4.69, 9.17) is 18.9 Å². The van der Waals surface area contributed by atoms with Gasteiger partial charge < -0.3 is 18.9 Å². The van der Waals surface area contributed by atoms with E-state index in [1.54, 1.807) is 37.6 Å². The SMILES string of the molecule is COc1ccc(C(=O)N/N=C\c2ccc(OC[C@H]3COCCO3)cc2)cc1. The molecule has 0 saturated carbocycles. The summed E-state index contributed by atoms with van der Waals surface area (Å²) in [6, 6.07) is 14.2. The second-order valence-corrected chi connectivity index (χ2v) is 5.88. The van der Waals surface area contributed by atoms with E-state index in [0.717, 1.165) is 11.3 Å². The Hall–Kier alpha value is -2.90. The molecule has 0 aromatic heterocycles. The van der Waals surface area contributed by atoms with Gasteiger partial charge in [0.05, 0.1) is 33.1 Å². The molecule has 1 atom stereocenters. The molecule has 0 radical (unpaired) electrons. The number of rotatable bonds is 7. The lowest BCUT2D eigenvalue weighted by molar-refractivity contribution is -0.101. The van der Waals surface area contributed by atoms with E-state index >= 15 is 0 Å². The number of hydrogen-bond donors (Lipinski definition) is 1. The highest BCUT2D eigenvalue weighted by Gasteiger charge is 2.14. The van der Waals surface area contributed by atoms with Crippen molar-refractivity contribution in [2.24, 2.45) is 5.10 Å². The molecule has 1 aliphatic rings. The molecule has 1 aliphatic heterocycles. The van der Waals surface area contributed by atoms with E-state index in [1.165, 1.54) is 0 Å². The Bertz CT molecular complexity index is 753. The highest BCUT2D eigenvalue weighted by Crippen LogP contribution is 2.13. The monoisotopic (exact) mass is 370 g/mol. The van der Waals surface area contributed by atoms with E-state index in [9.17, 15) is 4.79 Å². The molecule has 2 aromatic rings. The maximum absolute atomic E-state index is 12.0. The third-order valence-electron chi connectivity index (χ3n) is 3.93. The first-order valence-electron chi connectivity index (χ1n) is 8.64. The van der Waals surface area contributed by atoms with Crippen LogP contribution in [0, 0.1) is 0 Å². The fourth-order valence-electron chi connectivity index (χ4n) is 2.44. The smallest absolute Gasteiger partial charge is 0.271 e. The zero-order valence-corrected chi connectivity index (χ0v) is 15.1. The summed E-state index contributed by atoms with van der Waals surface area (Å²) in [5.41, 5.74) is 3.84. The van der Waals surface area contributed by atoms with Crippen LogP contribution >= 0.6 is 0 Å². The van der Waals surface area contributed by atoms with E-state index in [2.05, 4.69) is 10.5 Å². The van der Waals surface area contributed by atoms with Crippen molar-refractivity contribution >= 4 is 12.1 Å². The number of amides is 1. The summed E-state index contributed by atoms with van der Waals surface area (Å²) in [6.45, 7) is 2.25. The van der Waals surface area contributed by atoms with Crippen LogP contribution in [0.15, 0.2) is 53.6 Å². The first-order valence-corrected chi connectivity index (χ1v) is 8.64. The molecular weight excluding hydrogens is 348 g/mol. The fraction of sp³-hybridized carbons (Fsp3) is 0.300. The van der Waals surface area contributed by atoms with Gasteiger partial charge in [-0.05, 0) is 54.1 Å². The minimum atomic E-state index is -0.288. The van der Waals surface area contributed by atoms with Gasteiger partial charge in [-0.25, -0.2) is 5.43 Å². The molecule has 1 amide bonds. The van der Waals surface area contributed by atoms with Crippen LogP contribution in [0.5, 0.6) is 11.5 Å². The number of carbonyl (C=O) groups is 1. The highest BCUT2D eigenvalue weighted by molar-refractivity contribution is 5.95. The van der Waals surface area contributed by atoms with E-state index in [0.29, 0.717) is 37.7 Å². The van der Waals surface area contributed by atoms with Crippen LogP contribution in [0.25, 0.3) is 0 Å². The number of nitrogens with zero attached hydrogens (tertiary/aromatic N) is 1. The van der Waals surface area contributed by atoms with Gasteiger partial charge in [0.25, 0.3) is 5.91 Å². The van der Waals surface area contributed by atoms with Crippen molar-refractivity contribution in [1.29, 1.82) is 0 Å². The summed E-state index contributed by atoms with van der Waals surface area (Å²) in [5, 5.41) is 3.98. The molecule has 27 heavy (non-hydrogen) atoms. The van der Waals surface area contributed by atoms with Gasteiger partial charge in [0, 0.05) is 5.56 Å². The van der Waals surface area contributed by atoms with Crippen molar-refractivity contribution in [2.45, 2.75) is 6.10 Å². The average molecular weight is 370 g/mol. The molecule has 1 N–H and O–H groups in total. The molecule has 0 bridgehead atoms. The molecule has 0 unspecified atom stereocenters. The maximum Gasteiger partial charge on any atom is 0.271 e. The van der Waals surface area contributed by atoms with Crippen LogP contribution < -0.4 is 14.9 Å². The minimum Gasteiger partial charge on any atom is -0.497 e. The van der Waals surface area contributed by atoms with Crippen molar-refractivity contribution in [2.75, 3.05) is 33.5 Å². The summed E-state index contributed by atoms with van der Waals surface area (Å²) < 4.78 is 21.6. The zero-order valence-electron chi connectivity index (χ0n) is 15.1. The van der Waals surface area contributed by atoms with E-state index in [1.807, 2.05) is 24.3 Å². The van der Waals surface area contributed by atoms with Gasteiger partial charge in [-0.1, -0.05) is 0 Å². The van der Waals surface area contributed by atoms with Gasteiger partial charge in [-0.3, -0.25) is 4.79 Å². The van der Waals surface area contributed by atoms with Crippen molar-refractivity contribution in [3.05, 3.63) is 59.7 Å². The zero-order chi connectivity index (χ0) is 18.9. The van der Waals surface area contributed by atoms with Gasteiger partial charge >= 0.3 is 0 Å². The Kier molecular flexibility index (Phi) is 6.78. The lowest BCUT2D eigenvalue weighted by Gasteiger charge is -2.22. The predicted molar refractivity (Wildman–Crippen MR) is 101 cm³/mol. The summed E-state index contributed by atoms with van der Waals surface area (Å²) in [7, 11) is 1.58. The molecule has 0 aliphatic carbocycles. The number of carbonyl (C=O) groups excluding carboxylic acids is 1. The number of hydrogen-bond acceptors (Lipinski definition) is 6. The Labute approximate surface area is 157 Å². The van der Waals surface area contributed by atoms with Crippen LogP contribution in [0.2, 0.25) is 0 Å². The highest BCUT2D eigenvalue weighted by atomic mass is 16.6. The summed E-state index contributed by atoms with van der Waals surface area (Å²) >= 11 is 0. The van der Waals surface area contributed by atoms with Crippen LogP contribution in [0.1, 0.15) is 15.9 Å². The first kappa shape index (κ1) is 18.9. The van der Waals surface area contributed by atoms with Crippen LogP contribution in [-0.2, 0) is 9.47 Å². The van der Waals surface area contributed by atoms with Crippen molar-refractivity contribution in [3.63, 3.8) is 0 Å². The first-order chi connectivity index (χ1) is 13.2. The third kappa shape index (κ3) is 5.80. The van der Waals surface area contributed by atoms with Gasteiger partial charge in [0.2, 0.25) is 0 Å². The number of ether oxygens (including phenoxy) is 4. The second kappa shape index (κ2) is 9.70. The molecule has 1 saturated heterocycles. The predicted octanol–water partition coefficient (Wildman–Crippen LogP) is 2.25. The normalized spacial score (nSPS) is 16.9. The largest absolute Gasteiger partial charge is 0.497 e. The topological polar surface area (TPSA) is 78.4 Å². The Morgan fingerprint density at radius 1 is 1.15 bits per heavy atom. The molecule has 1 fully saturated rings. The van der Waals surface area contributed by atoms with Gasteiger partial charge in [0.1, 0.15) is 24.2 Å². The molecular formula is C20H22N2O5. The van der Waals surface area contributed by atoms with Gasteiger partial charge in [-0.15, -0.1) is 0 Å². The van der Waals surface area contributed by atoms with Crippen molar-refractivity contribution < 1.29 is 23.7 Å².